The molecule has 0 saturated heterocycles. The number of nitrogens with zero attached hydrogens (tertiary/aromatic N) is 1. The van der Waals surface area contributed by atoms with E-state index in [-0.39, 0.29) is 0 Å². The van der Waals surface area contributed by atoms with Gasteiger partial charge in [0.15, 0.2) is 0 Å². The Labute approximate surface area is 97.8 Å². The Morgan fingerprint density at radius 3 is 2.56 bits per heavy atom. The molecule has 1 aliphatic carbocycles. The van der Waals surface area contributed by atoms with Crippen LogP contribution >= 0.6 is 0 Å². The Bertz CT molecular complexity index is 253. The molecule has 3 atom stereocenters. The number of nitrogens with two attached hydrogens (primary N) is 1. The van der Waals surface area contributed by atoms with Crippen LogP contribution in [0, 0.1) is 5.92 Å². The Morgan fingerprint density at radius 2 is 2.06 bits per heavy atom. The van der Waals surface area contributed by atoms with Crippen molar-refractivity contribution in [1.29, 1.82) is 0 Å². The van der Waals surface area contributed by atoms with Crippen LogP contribution in [0.4, 0.5) is 0 Å². The molecule has 0 radical (unpaired) electrons. The molecule has 4 heteroatoms. The summed E-state index contributed by atoms with van der Waals surface area (Å²) in [6.45, 7) is 4.24. The smallest absolute Gasteiger partial charge is 0.324 e. The largest absolute Gasteiger partial charge is 0.480 e. The van der Waals surface area contributed by atoms with E-state index in [1.165, 1.54) is 19.3 Å². The van der Waals surface area contributed by atoms with Crippen molar-refractivity contribution in [3.8, 4) is 0 Å². The summed E-state index contributed by atoms with van der Waals surface area (Å²) in [6, 6.07) is 0.482. The molecule has 0 aromatic carbocycles. The van der Waals surface area contributed by atoms with Gasteiger partial charge < -0.3 is 15.7 Å². The van der Waals surface area contributed by atoms with Gasteiger partial charge >= 0.3 is 5.97 Å². The zero-order chi connectivity index (χ0) is 12.3. The topological polar surface area (TPSA) is 66.6 Å². The lowest BCUT2D eigenvalue weighted by Gasteiger charge is -2.38. The third-order valence-electron chi connectivity index (χ3n) is 3.70. The summed E-state index contributed by atoms with van der Waals surface area (Å²) in [4.78, 5) is 13.1. The molecule has 3 N–H and O–H groups in total. The highest BCUT2D eigenvalue weighted by Crippen LogP contribution is 2.27. The Hall–Kier alpha value is -0.610. The van der Waals surface area contributed by atoms with Gasteiger partial charge in [0.05, 0.1) is 0 Å². The SMILES string of the molecule is CC1CCCCC1N(C)CC(C)(N)C(=O)O. The van der Waals surface area contributed by atoms with E-state index in [1.807, 2.05) is 7.05 Å². The number of hydrogen-bond acceptors (Lipinski definition) is 3. The molecule has 1 rings (SSSR count). The van der Waals surface area contributed by atoms with E-state index < -0.39 is 11.5 Å². The number of likely N-dealkylation sites (N-methyl/N-ethyl adjacent to an activating group) is 1. The van der Waals surface area contributed by atoms with Crippen molar-refractivity contribution < 1.29 is 9.90 Å². The van der Waals surface area contributed by atoms with Gasteiger partial charge in [-0.1, -0.05) is 19.8 Å². The van der Waals surface area contributed by atoms with Crippen LogP contribution in [0.25, 0.3) is 0 Å². The molecule has 16 heavy (non-hydrogen) atoms. The first-order valence-corrected chi connectivity index (χ1v) is 6.07. The zero-order valence-electron chi connectivity index (χ0n) is 10.6. The average Bonchev–Trinajstić information content (AvgIpc) is 2.17. The molecule has 0 bridgehead atoms. The maximum absolute atomic E-state index is 11.0. The lowest BCUT2D eigenvalue weighted by Crippen LogP contribution is -2.56. The van der Waals surface area contributed by atoms with Crippen LogP contribution in [-0.4, -0.2) is 41.1 Å². The monoisotopic (exact) mass is 228 g/mol. The van der Waals surface area contributed by atoms with Crippen molar-refractivity contribution in [1.82, 2.24) is 4.90 Å². The molecule has 0 aliphatic heterocycles. The summed E-state index contributed by atoms with van der Waals surface area (Å²) in [5, 5.41) is 9.00. The number of aliphatic carboxylic acids is 1. The fourth-order valence-corrected chi connectivity index (χ4v) is 2.65. The first-order chi connectivity index (χ1) is 7.34. The normalized spacial score (nSPS) is 30.1. The van der Waals surface area contributed by atoms with Gasteiger partial charge in [0.1, 0.15) is 5.54 Å². The lowest BCUT2D eigenvalue weighted by molar-refractivity contribution is -0.143. The van der Waals surface area contributed by atoms with E-state index in [1.54, 1.807) is 6.92 Å². The van der Waals surface area contributed by atoms with Crippen LogP contribution in [0.3, 0.4) is 0 Å². The zero-order valence-corrected chi connectivity index (χ0v) is 10.6. The highest BCUT2D eigenvalue weighted by Gasteiger charge is 2.33. The van der Waals surface area contributed by atoms with Crippen molar-refractivity contribution in [2.75, 3.05) is 13.6 Å². The fourth-order valence-electron chi connectivity index (χ4n) is 2.65. The minimum absolute atomic E-state index is 0.414. The van der Waals surface area contributed by atoms with Gasteiger partial charge in [-0.2, -0.15) is 0 Å². The fraction of sp³-hybridized carbons (Fsp3) is 0.917. The summed E-state index contributed by atoms with van der Waals surface area (Å²) >= 11 is 0. The van der Waals surface area contributed by atoms with E-state index >= 15 is 0 Å². The first kappa shape index (κ1) is 13.5. The highest BCUT2D eigenvalue weighted by atomic mass is 16.4. The molecule has 0 aromatic heterocycles. The van der Waals surface area contributed by atoms with E-state index in [9.17, 15) is 4.79 Å². The van der Waals surface area contributed by atoms with E-state index in [0.717, 1.165) is 6.42 Å². The summed E-state index contributed by atoms with van der Waals surface area (Å²) in [6.07, 6.45) is 4.94. The number of hydrogen-bond donors (Lipinski definition) is 2. The third-order valence-corrected chi connectivity index (χ3v) is 3.70. The van der Waals surface area contributed by atoms with Gasteiger partial charge in [0.25, 0.3) is 0 Å². The van der Waals surface area contributed by atoms with Crippen LogP contribution in [0.2, 0.25) is 0 Å². The van der Waals surface area contributed by atoms with Crippen LogP contribution in [0.5, 0.6) is 0 Å². The van der Waals surface area contributed by atoms with Crippen molar-refractivity contribution in [2.45, 2.75) is 51.1 Å². The predicted molar refractivity (Wildman–Crippen MR) is 64.3 cm³/mol. The molecular formula is C12H24N2O2. The molecule has 0 heterocycles. The van der Waals surface area contributed by atoms with Gasteiger partial charge in [-0.05, 0) is 32.7 Å². The maximum Gasteiger partial charge on any atom is 0.324 e. The van der Waals surface area contributed by atoms with Gasteiger partial charge in [-0.3, -0.25) is 4.79 Å². The van der Waals surface area contributed by atoms with Crippen LogP contribution in [0.15, 0.2) is 0 Å². The second kappa shape index (κ2) is 5.15. The number of rotatable bonds is 4. The maximum atomic E-state index is 11.0. The molecule has 1 saturated carbocycles. The van der Waals surface area contributed by atoms with Gasteiger partial charge in [0, 0.05) is 12.6 Å². The Morgan fingerprint density at radius 1 is 1.50 bits per heavy atom. The quantitative estimate of drug-likeness (QED) is 0.761. The molecule has 94 valence electrons. The minimum Gasteiger partial charge on any atom is -0.480 e. The molecule has 0 amide bonds. The summed E-state index contributed by atoms with van der Waals surface area (Å²) in [5.41, 5.74) is 4.62. The molecule has 0 aromatic rings. The third kappa shape index (κ3) is 3.19. The highest BCUT2D eigenvalue weighted by molar-refractivity contribution is 5.78. The van der Waals surface area contributed by atoms with E-state index in [0.29, 0.717) is 18.5 Å². The standard InChI is InChI=1S/C12H24N2O2/c1-9-6-4-5-7-10(9)14(3)8-12(2,13)11(15)16/h9-10H,4-8,13H2,1-3H3,(H,15,16). The molecule has 1 aliphatic rings. The molecular weight excluding hydrogens is 204 g/mol. The van der Waals surface area contributed by atoms with Gasteiger partial charge in [-0.25, -0.2) is 0 Å². The van der Waals surface area contributed by atoms with Gasteiger partial charge in [0.2, 0.25) is 0 Å². The summed E-state index contributed by atoms with van der Waals surface area (Å²) in [5.74, 6) is -0.286. The Kier molecular flexibility index (Phi) is 4.33. The lowest BCUT2D eigenvalue weighted by atomic mass is 9.84. The van der Waals surface area contributed by atoms with Gasteiger partial charge in [-0.15, -0.1) is 0 Å². The average molecular weight is 228 g/mol. The number of carboxylic acids is 1. The summed E-state index contributed by atoms with van der Waals surface area (Å²) < 4.78 is 0. The number of carboxylic acid groups (broad SMARTS) is 1. The van der Waals surface area contributed by atoms with E-state index in [2.05, 4.69) is 11.8 Å². The van der Waals surface area contributed by atoms with Crippen LogP contribution in [-0.2, 0) is 4.79 Å². The van der Waals surface area contributed by atoms with Crippen LogP contribution in [0.1, 0.15) is 39.5 Å². The molecule has 1 fully saturated rings. The first-order valence-electron chi connectivity index (χ1n) is 6.07. The van der Waals surface area contributed by atoms with Crippen molar-refractivity contribution in [3.63, 3.8) is 0 Å². The molecule has 4 nitrogen and oxygen atoms in total. The van der Waals surface area contributed by atoms with Crippen molar-refractivity contribution >= 4 is 5.97 Å². The molecule has 0 spiro atoms. The van der Waals surface area contributed by atoms with E-state index in [4.69, 9.17) is 10.8 Å². The number of carbonyl (C=O) groups is 1. The Balaban J connectivity index is 2.57. The second-order valence-corrected chi connectivity index (χ2v) is 5.47. The predicted octanol–water partition coefficient (Wildman–Crippen LogP) is 1.30. The summed E-state index contributed by atoms with van der Waals surface area (Å²) in [7, 11) is 1.99. The second-order valence-electron chi connectivity index (χ2n) is 5.47. The van der Waals surface area contributed by atoms with Crippen LogP contribution < -0.4 is 5.73 Å². The minimum atomic E-state index is -1.15. The van der Waals surface area contributed by atoms with Crippen molar-refractivity contribution in [2.24, 2.45) is 11.7 Å². The molecule has 3 unspecified atom stereocenters. The van der Waals surface area contributed by atoms with Crippen molar-refractivity contribution in [3.05, 3.63) is 0 Å².